The maximum atomic E-state index is 14.5. The molecule has 0 aliphatic carbocycles. The van der Waals surface area contributed by atoms with Crippen molar-refractivity contribution in [1.82, 2.24) is 0 Å². The molecule has 0 saturated heterocycles. The molecule has 0 bridgehead atoms. The van der Waals surface area contributed by atoms with E-state index in [2.05, 4.69) is 20.8 Å². The van der Waals surface area contributed by atoms with E-state index in [4.69, 9.17) is 0 Å². The highest BCUT2D eigenvalue weighted by atomic mass is 32.2. The first-order valence-electron chi connectivity index (χ1n) is 10.0. The number of anilines is 2. The van der Waals surface area contributed by atoms with Gasteiger partial charge in [-0.15, -0.1) is 0 Å². The van der Waals surface area contributed by atoms with Crippen molar-refractivity contribution in [3.05, 3.63) is 89.5 Å². The Morgan fingerprint density at radius 1 is 0.875 bits per heavy atom. The normalized spacial score (nSPS) is 15.6. The molecule has 4 rings (SSSR count). The predicted octanol–water partition coefficient (Wildman–Crippen LogP) is 5.60. The third-order valence-corrected chi connectivity index (χ3v) is 7.10. The fourth-order valence-electron chi connectivity index (χ4n) is 3.63. The van der Waals surface area contributed by atoms with Crippen LogP contribution in [0.4, 0.5) is 25.0 Å². The second kappa shape index (κ2) is 7.70. The number of halogens is 2. The molecule has 1 aliphatic rings. The molecule has 8 heteroatoms. The molecule has 1 aliphatic heterocycles. The van der Waals surface area contributed by atoms with Gasteiger partial charge in [0.1, 0.15) is 22.2 Å². The van der Waals surface area contributed by atoms with Crippen molar-refractivity contribution < 1.29 is 22.0 Å². The lowest BCUT2D eigenvalue weighted by Gasteiger charge is -2.36. The lowest BCUT2D eigenvalue weighted by molar-refractivity contribution is 0.253. The Balaban J connectivity index is 1.82. The number of urea groups is 1. The number of amides is 2. The van der Waals surface area contributed by atoms with Crippen molar-refractivity contribution in [2.45, 2.75) is 37.6 Å². The van der Waals surface area contributed by atoms with Crippen LogP contribution in [-0.2, 0) is 22.0 Å². The third-order valence-electron chi connectivity index (χ3n) is 5.37. The molecule has 0 unspecified atom stereocenters. The number of sulfonamides is 1. The zero-order valence-electron chi connectivity index (χ0n) is 17.8. The Hall–Kier alpha value is -3.26. The summed E-state index contributed by atoms with van der Waals surface area (Å²) in [7, 11) is -4.44. The molecule has 0 spiro atoms. The largest absolute Gasteiger partial charge is 0.343 e. The molecule has 0 fully saturated rings. The first kappa shape index (κ1) is 22.0. The SMILES string of the molecule is CC(C)(C)c1ccc(CN2C(=O)N(c3cc(F)ccc3F)S(=O)(=O)c3ccccc32)cc1. The number of para-hydroxylation sites is 1. The second-order valence-corrected chi connectivity index (χ2v) is 10.4. The molecule has 3 aromatic rings. The third kappa shape index (κ3) is 3.75. The monoisotopic (exact) mass is 456 g/mol. The van der Waals surface area contributed by atoms with Crippen molar-refractivity contribution in [2.75, 3.05) is 9.21 Å². The van der Waals surface area contributed by atoms with Gasteiger partial charge in [-0.25, -0.2) is 22.0 Å². The molecule has 1 heterocycles. The van der Waals surface area contributed by atoms with Crippen LogP contribution in [0, 0.1) is 11.6 Å². The molecular formula is C24H22F2N2O3S. The van der Waals surface area contributed by atoms with Crippen LogP contribution in [0.15, 0.2) is 71.6 Å². The molecule has 0 atom stereocenters. The minimum Gasteiger partial charge on any atom is -0.287 e. The van der Waals surface area contributed by atoms with Gasteiger partial charge in [0.05, 0.1) is 12.2 Å². The van der Waals surface area contributed by atoms with Crippen molar-refractivity contribution in [2.24, 2.45) is 0 Å². The van der Waals surface area contributed by atoms with Gasteiger partial charge in [0.15, 0.2) is 0 Å². The maximum Gasteiger partial charge on any atom is 0.343 e. The van der Waals surface area contributed by atoms with E-state index in [0.29, 0.717) is 10.4 Å². The minimum atomic E-state index is -4.44. The van der Waals surface area contributed by atoms with Crippen LogP contribution in [0.5, 0.6) is 0 Å². The average Bonchev–Trinajstić information content (AvgIpc) is 2.73. The summed E-state index contributed by atoms with van der Waals surface area (Å²) in [4.78, 5) is 14.5. The van der Waals surface area contributed by atoms with Crippen LogP contribution in [0.1, 0.15) is 31.9 Å². The molecule has 5 nitrogen and oxygen atoms in total. The summed E-state index contributed by atoms with van der Waals surface area (Å²) in [5.74, 6) is -1.87. The number of hydrogen-bond acceptors (Lipinski definition) is 3. The van der Waals surface area contributed by atoms with E-state index in [9.17, 15) is 22.0 Å². The number of carbonyl (C=O) groups is 1. The number of benzene rings is 3. The molecule has 2 amide bonds. The van der Waals surface area contributed by atoms with Crippen molar-refractivity contribution >= 4 is 27.4 Å². The highest BCUT2D eigenvalue weighted by Crippen LogP contribution is 2.39. The highest BCUT2D eigenvalue weighted by Gasteiger charge is 2.43. The minimum absolute atomic E-state index is 0.0497. The predicted molar refractivity (Wildman–Crippen MR) is 119 cm³/mol. The second-order valence-electron chi connectivity index (χ2n) is 8.65. The molecule has 0 N–H and O–H groups in total. The van der Waals surface area contributed by atoms with Gasteiger partial charge in [-0.2, -0.15) is 4.31 Å². The lowest BCUT2D eigenvalue weighted by atomic mass is 9.87. The average molecular weight is 457 g/mol. The van der Waals surface area contributed by atoms with Crippen LogP contribution in [0.3, 0.4) is 0 Å². The molecule has 0 radical (unpaired) electrons. The van der Waals surface area contributed by atoms with Crippen molar-refractivity contribution in [3.63, 3.8) is 0 Å². The lowest BCUT2D eigenvalue weighted by Crippen LogP contribution is -2.51. The summed E-state index contributed by atoms with van der Waals surface area (Å²) >= 11 is 0. The van der Waals surface area contributed by atoms with Gasteiger partial charge in [0.2, 0.25) is 0 Å². The summed E-state index contributed by atoms with van der Waals surface area (Å²) in [6.45, 7) is 6.32. The van der Waals surface area contributed by atoms with Gasteiger partial charge >= 0.3 is 6.03 Å². The summed E-state index contributed by atoms with van der Waals surface area (Å²) in [5, 5.41) is 0. The fraction of sp³-hybridized carbons (Fsp3) is 0.208. The van der Waals surface area contributed by atoms with Crippen LogP contribution in [0.2, 0.25) is 0 Å². The number of hydrogen-bond donors (Lipinski definition) is 0. The number of nitrogens with zero attached hydrogens (tertiary/aromatic N) is 2. The van der Waals surface area contributed by atoms with Crippen LogP contribution in [-0.4, -0.2) is 14.4 Å². The van der Waals surface area contributed by atoms with Crippen LogP contribution < -0.4 is 9.21 Å². The number of rotatable bonds is 3. The molecule has 0 aromatic heterocycles. The van der Waals surface area contributed by atoms with Crippen molar-refractivity contribution in [1.29, 1.82) is 0 Å². The van der Waals surface area contributed by atoms with E-state index in [1.165, 1.54) is 23.1 Å². The summed E-state index contributed by atoms with van der Waals surface area (Å²) in [6, 6.07) is 15.0. The number of fused-ring (bicyclic) bond motifs is 1. The maximum absolute atomic E-state index is 14.5. The Kier molecular flexibility index (Phi) is 5.29. The van der Waals surface area contributed by atoms with Gasteiger partial charge in [-0.1, -0.05) is 57.2 Å². The van der Waals surface area contributed by atoms with Gasteiger partial charge in [0.25, 0.3) is 10.0 Å². The summed E-state index contributed by atoms with van der Waals surface area (Å²) < 4.78 is 55.1. The Labute approximate surface area is 186 Å². The molecule has 32 heavy (non-hydrogen) atoms. The summed E-state index contributed by atoms with van der Waals surface area (Å²) in [6.07, 6.45) is 0. The van der Waals surface area contributed by atoms with Gasteiger partial charge in [-0.3, -0.25) is 4.90 Å². The fourth-order valence-corrected chi connectivity index (χ4v) is 5.22. The first-order valence-corrected chi connectivity index (χ1v) is 11.4. The zero-order chi connectivity index (χ0) is 23.3. The van der Waals surface area contributed by atoms with Crippen LogP contribution in [0.25, 0.3) is 0 Å². The first-order chi connectivity index (χ1) is 15.0. The van der Waals surface area contributed by atoms with E-state index in [0.717, 1.165) is 23.3 Å². The van der Waals surface area contributed by atoms with Crippen molar-refractivity contribution in [3.8, 4) is 0 Å². The smallest absolute Gasteiger partial charge is 0.287 e. The van der Waals surface area contributed by atoms with E-state index in [-0.39, 0.29) is 22.5 Å². The van der Waals surface area contributed by atoms with Gasteiger partial charge in [0, 0.05) is 6.07 Å². The Morgan fingerprint density at radius 2 is 1.53 bits per heavy atom. The summed E-state index contributed by atoms with van der Waals surface area (Å²) in [5.41, 5.74) is 1.35. The van der Waals surface area contributed by atoms with E-state index < -0.39 is 33.4 Å². The van der Waals surface area contributed by atoms with E-state index >= 15 is 0 Å². The topological polar surface area (TPSA) is 57.7 Å². The Bertz CT molecular complexity index is 1300. The van der Waals surface area contributed by atoms with Gasteiger partial charge in [-0.05, 0) is 40.8 Å². The molecule has 166 valence electrons. The van der Waals surface area contributed by atoms with Gasteiger partial charge < -0.3 is 0 Å². The van der Waals surface area contributed by atoms with E-state index in [1.54, 1.807) is 6.07 Å². The molecular weight excluding hydrogens is 434 g/mol. The van der Waals surface area contributed by atoms with Crippen LogP contribution >= 0.6 is 0 Å². The van der Waals surface area contributed by atoms with E-state index in [1.807, 2.05) is 24.3 Å². The number of carbonyl (C=O) groups excluding carboxylic acids is 1. The Morgan fingerprint density at radius 3 is 2.19 bits per heavy atom. The zero-order valence-corrected chi connectivity index (χ0v) is 18.7. The highest BCUT2D eigenvalue weighted by molar-refractivity contribution is 7.94. The quantitative estimate of drug-likeness (QED) is 0.516. The molecule has 3 aromatic carbocycles. The molecule has 0 saturated carbocycles. The standard InChI is InChI=1S/C24H22F2N2O3S/c1-24(2,3)17-10-8-16(9-11-17)15-27-20-6-4-5-7-22(20)32(30,31)28(23(27)29)21-14-18(25)12-13-19(21)26/h4-14H,15H2,1-3H3.